The molecular weight excluding hydrogens is 541 g/mol. The molecule has 2 nitrogen and oxygen atoms in total. The molecule has 9 aromatic rings. The molecule has 0 unspecified atom stereocenters. The minimum absolute atomic E-state index is 0.930. The molecule has 9 rings (SSSR count). The van der Waals surface area contributed by atoms with Gasteiger partial charge >= 0.3 is 0 Å². The summed E-state index contributed by atoms with van der Waals surface area (Å²) in [6.07, 6.45) is 0. The van der Waals surface area contributed by atoms with Crippen molar-refractivity contribution >= 4 is 64.1 Å². The smallest absolute Gasteiger partial charge is 0.0972 e. The van der Waals surface area contributed by atoms with E-state index < -0.39 is 0 Å². The fraction of sp³-hybridized carbons (Fsp3) is 0. The van der Waals surface area contributed by atoms with Crippen LogP contribution in [0.25, 0.3) is 86.4 Å². The molecule has 0 aliphatic carbocycles. The van der Waals surface area contributed by atoms with Crippen LogP contribution in [0.2, 0.25) is 0 Å². The first kappa shape index (κ1) is 24.2. The van der Waals surface area contributed by atoms with Crippen molar-refractivity contribution in [3.05, 3.63) is 146 Å². The Morgan fingerprint density at radius 3 is 1.67 bits per heavy atom. The van der Waals surface area contributed by atoms with Crippen LogP contribution in [0.15, 0.2) is 146 Å². The van der Waals surface area contributed by atoms with E-state index >= 15 is 0 Å². The lowest BCUT2D eigenvalue weighted by molar-refractivity contribution is 1.36. The van der Waals surface area contributed by atoms with E-state index in [0.717, 1.165) is 44.3 Å². The summed E-state index contributed by atoms with van der Waals surface area (Å²) in [6.45, 7) is 0. The minimum Gasteiger partial charge on any atom is -0.245 e. The molecule has 0 saturated heterocycles. The Morgan fingerprint density at radius 2 is 0.930 bits per heavy atom. The normalized spacial score (nSPS) is 11.7. The first-order valence-electron chi connectivity index (χ1n) is 14.5. The second-order valence-electron chi connectivity index (χ2n) is 11.0. The van der Waals surface area contributed by atoms with Crippen LogP contribution in [0.4, 0.5) is 0 Å². The van der Waals surface area contributed by atoms with Crippen LogP contribution in [0.1, 0.15) is 0 Å². The summed E-state index contributed by atoms with van der Waals surface area (Å²) in [4.78, 5) is 10.2. The number of thiophene rings is 1. The lowest BCUT2D eigenvalue weighted by Gasteiger charge is -2.09. The first-order chi connectivity index (χ1) is 21.3. The van der Waals surface area contributed by atoms with Gasteiger partial charge in [0.2, 0.25) is 0 Å². The maximum absolute atomic E-state index is 5.15. The van der Waals surface area contributed by atoms with Crippen molar-refractivity contribution in [3.63, 3.8) is 0 Å². The van der Waals surface area contributed by atoms with Gasteiger partial charge in [-0.3, -0.25) is 0 Å². The van der Waals surface area contributed by atoms with Gasteiger partial charge in [0.15, 0.2) is 0 Å². The van der Waals surface area contributed by atoms with E-state index in [1.165, 1.54) is 42.1 Å². The highest BCUT2D eigenvalue weighted by Crippen LogP contribution is 2.40. The molecule has 43 heavy (non-hydrogen) atoms. The van der Waals surface area contributed by atoms with Gasteiger partial charge in [-0.25, -0.2) is 9.97 Å². The fourth-order valence-corrected chi connectivity index (χ4v) is 7.36. The summed E-state index contributed by atoms with van der Waals surface area (Å²) in [6, 6.07) is 51.9. The van der Waals surface area contributed by atoms with E-state index in [1.54, 1.807) is 0 Å². The van der Waals surface area contributed by atoms with Gasteiger partial charge in [0.25, 0.3) is 0 Å². The third-order valence-corrected chi connectivity index (χ3v) is 9.60. The average Bonchev–Trinajstić information content (AvgIpc) is 3.47. The van der Waals surface area contributed by atoms with Crippen LogP contribution < -0.4 is 0 Å². The summed E-state index contributed by atoms with van der Waals surface area (Å²) < 4.78 is 2.66. The van der Waals surface area contributed by atoms with Crippen LogP contribution in [-0.4, -0.2) is 9.97 Å². The molecule has 200 valence electrons. The molecule has 0 spiro atoms. The molecule has 0 aliphatic rings. The predicted octanol–water partition coefficient (Wildman–Crippen LogP) is 11.3. The molecule has 3 heteroatoms. The topological polar surface area (TPSA) is 25.8 Å². The third-order valence-electron chi connectivity index (χ3n) is 8.46. The van der Waals surface area contributed by atoms with Gasteiger partial charge in [0.1, 0.15) is 0 Å². The van der Waals surface area contributed by atoms with Crippen molar-refractivity contribution in [2.24, 2.45) is 0 Å². The lowest BCUT2D eigenvalue weighted by atomic mass is 9.99. The van der Waals surface area contributed by atoms with Crippen LogP contribution in [0, 0.1) is 0 Å². The summed E-state index contributed by atoms with van der Waals surface area (Å²) in [7, 11) is 0. The Morgan fingerprint density at radius 1 is 0.372 bits per heavy atom. The van der Waals surface area contributed by atoms with Crippen LogP contribution in [0.5, 0.6) is 0 Å². The summed E-state index contributed by atoms with van der Waals surface area (Å²) in [5, 5.41) is 7.47. The van der Waals surface area contributed by atoms with Gasteiger partial charge in [-0.05, 0) is 52.2 Å². The standard InChI is InChI=1S/C40H24N2S/c1-2-7-27(8-3-1)34-20-16-29-14-15-30-17-21-35(42-40(30)39(29)41-34)28-12-10-25(11-13-28)31-19-22-36-33(24-31)38-32-9-5-4-6-26(32)18-23-37(38)43-36/h1-24H. The second-order valence-corrected chi connectivity index (χ2v) is 12.1. The van der Waals surface area contributed by atoms with Crippen molar-refractivity contribution in [1.82, 2.24) is 9.97 Å². The van der Waals surface area contributed by atoms with Crippen LogP contribution in [0.3, 0.4) is 0 Å². The zero-order valence-corrected chi connectivity index (χ0v) is 24.0. The van der Waals surface area contributed by atoms with Crippen molar-refractivity contribution in [2.45, 2.75) is 0 Å². The van der Waals surface area contributed by atoms with Crippen LogP contribution >= 0.6 is 11.3 Å². The quantitative estimate of drug-likeness (QED) is 0.199. The van der Waals surface area contributed by atoms with E-state index in [9.17, 15) is 0 Å². The Kier molecular flexibility index (Phi) is 5.40. The maximum Gasteiger partial charge on any atom is 0.0972 e. The van der Waals surface area contributed by atoms with E-state index in [0.29, 0.717) is 0 Å². The van der Waals surface area contributed by atoms with E-state index in [1.807, 2.05) is 29.5 Å². The number of hydrogen-bond acceptors (Lipinski definition) is 3. The zero-order valence-electron chi connectivity index (χ0n) is 23.2. The molecule has 0 amide bonds. The number of aromatic nitrogens is 2. The van der Waals surface area contributed by atoms with Crippen molar-refractivity contribution in [3.8, 4) is 33.6 Å². The van der Waals surface area contributed by atoms with Crippen LogP contribution in [-0.2, 0) is 0 Å². The summed E-state index contributed by atoms with van der Waals surface area (Å²) in [5.41, 5.74) is 8.39. The molecule has 3 aromatic heterocycles. The number of nitrogens with zero attached hydrogens (tertiary/aromatic N) is 2. The highest BCUT2D eigenvalue weighted by molar-refractivity contribution is 7.26. The van der Waals surface area contributed by atoms with E-state index in [-0.39, 0.29) is 0 Å². The number of rotatable bonds is 3. The highest BCUT2D eigenvalue weighted by atomic mass is 32.1. The Bertz CT molecular complexity index is 2490. The monoisotopic (exact) mass is 564 g/mol. The molecule has 0 aliphatic heterocycles. The Balaban J connectivity index is 1.12. The first-order valence-corrected chi connectivity index (χ1v) is 15.3. The lowest BCUT2D eigenvalue weighted by Crippen LogP contribution is -1.91. The van der Waals surface area contributed by atoms with Crippen molar-refractivity contribution in [2.75, 3.05) is 0 Å². The molecule has 6 aromatic carbocycles. The summed E-state index contributed by atoms with van der Waals surface area (Å²) >= 11 is 1.87. The number of pyridine rings is 2. The number of fused-ring (bicyclic) bond motifs is 8. The zero-order chi connectivity index (χ0) is 28.3. The largest absolute Gasteiger partial charge is 0.245 e. The van der Waals surface area contributed by atoms with Gasteiger partial charge in [-0.1, -0.05) is 115 Å². The second kappa shape index (κ2) is 9.59. The molecule has 0 saturated carbocycles. The third kappa shape index (κ3) is 4.01. The van der Waals surface area contributed by atoms with Gasteiger partial charge in [0, 0.05) is 42.1 Å². The number of hydrogen-bond donors (Lipinski definition) is 0. The predicted molar refractivity (Wildman–Crippen MR) is 184 cm³/mol. The van der Waals surface area contributed by atoms with Crippen molar-refractivity contribution in [1.29, 1.82) is 0 Å². The van der Waals surface area contributed by atoms with Crippen molar-refractivity contribution < 1.29 is 0 Å². The summed E-state index contributed by atoms with van der Waals surface area (Å²) in [5.74, 6) is 0. The molecule has 0 fully saturated rings. The molecule has 3 heterocycles. The fourth-order valence-electron chi connectivity index (χ4n) is 6.26. The maximum atomic E-state index is 5.15. The molecule has 0 atom stereocenters. The SMILES string of the molecule is c1ccc(-c2ccc3ccc4ccc(-c5ccc(-c6ccc7sc8ccc9ccccc9c8c7c6)cc5)nc4c3n2)cc1. The molecule has 0 N–H and O–H groups in total. The van der Waals surface area contributed by atoms with Gasteiger partial charge in [0.05, 0.1) is 22.4 Å². The van der Waals surface area contributed by atoms with Gasteiger partial charge < -0.3 is 0 Å². The Hall–Kier alpha value is -5.38. The van der Waals surface area contributed by atoms with E-state index in [4.69, 9.17) is 9.97 Å². The Labute approximate surface area is 252 Å². The molecule has 0 radical (unpaired) electrons. The molecule has 0 bridgehead atoms. The van der Waals surface area contributed by atoms with E-state index in [2.05, 4.69) is 127 Å². The average molecular weight is 565 g/mol. The highest BCUT2D eigenvalue weighted by Gasteiger charge is 2.12. The van der Waals surface area contributed by atoms with Gasteiger partial charge in [-0.2, -0.15) is 0 Å². The van der Waals surface area contributed by atoms with Gasteiger partial charge in [-0.15, -0.1) is 11.3 Å². The number of benzene rings is 6. The molecular formula is C40H24N2S. The minimum atomic E-state index is 0.930.